The number of amides is 1. The third-order valence-electron chi connectivity index (χ3n) is 4.79. The first-order valence-corrected chi connectivity index (χ1v) is 9.73. The van der Waals surface area contributed by atoms with Crippen LogP contribution < -0.4 is 11.1 Å². The number of alkyl carbamates (subject to hydrolysis) is 1. The van der Waals surface area contributed by atoms with Crippen LogP contribution in [0.4, 0.5) is 4.79 Å². The van der Waals surface area contributed by atoms with Crippen LogP contribution in [0.15, 0.2) is 0 Å². The lowest BCUT2D eigenvalue weighted by atomic mass is 10.0. The van der Waals surface area contributed by atoms with Gasteiger partial charge in [-0.15, -0.1) is 0 Å². The molecule has 24 heavy (non-hydrogen) atoms. The van der Waals surface area contributed by atoms with E-state index in [0.29, 0.717) is 6.54 Å². The van der Waals surface area contributed by atoms with Crippen molar-refractivity contribution < 1.29 is 9.53 Å². The summed E-state index contributed by atoms with van der Waals surface area (Å²) < 4.78 is 4.50. The molecule has 1 heterocycles. The van der Waals surface area contributed by atoms with E-state index in [9.17, 15) is 4.79 Å². The average molecular weight is 343 g/mol. The van der Waals surface area contributed by atoms with Crippen molar-refractivity contribution in [2.75, 3.05) is 59.5 Å². The van der Waals surface area contributed by atoms with Crippen molar-refractivity contribution in [3.8, 4) is 0 Å². The van der Waals surface area contributed by atoms with Crippen molar-refractivity contribution in [1.29, 1.82) is 0 Å². The fourth-order valence-corrected chi connectivity index (χ4v) is 3.22. The first-order valence-electron chi connectivity index (χ1n) is 9.73. The van der Waals surface area contributed by atoms with Crippen LogP contribution in [-0.2, 0) is 4.74 Å². The summed E-state index contributed by atoms with van der Waals surface area (Å²) in [6.45, 7) is 7.45. The molecule has 0 aromatic rings. The lowest BCUT2D eigenvalue weighted by Crippen LogP contribution is -2.49. The van der Waals surface area contributed by atoms with Gasteiger partial charge in [-0.1, -0.05) is 51.4 Å². The Balaban J connectivity index is 0.000000300. The van der Waals surface area contributed by atoms with E-state index >= 15 is 0 Å². The first kappa shape index (κ1) is 21.2. The molecule has 0 unspecified atom stereocenters. The molecule has 2 aliphatic rings. The quantitative estimate of drug-likeness (QED) is 0.800. The van der Waals surface area contributed by atoms with Crippen molar-refractivity contribution >= 4 is 6.09 Å². The molecule has 0 atom stereocenters. The molecule has 2 rings (SSSR count). The average Bonchev–Trinajstić information content (AvgIpc) is 2.56. The second kappa shape index (κ2) is 14.5. The monoisotopic (exact) mass is 342 g/mol. The van der Waals surface area contributed by atoms with E-state index in [0.717, 1.165) is 45.8 Å². The molecule has 2 fully saturated rings. The Morgan fingerprint density at radius 2 is 1.29 bits per heavy atom. The highest BCUT2D eigenvalue weighted by Gasteiger charge is 2.15. The van der Waals surface area contributed by atoms with E-state index in [1.165, 1.54) is 58.5 Å². The van der Waals surface area contributed by atoms with Crippen LogP contribution in [0.1, 0.15) is 51.4 Å². The number of rotatable bonds is 5. The molecule has 0 spiro atoms. The second-order valence-corrected chi connectivity index (χ2v) is 6.72. The lowest BCUT2D eigenvalue weighted by molar-refractivity contribution is 0.132. The van der Waals surface area contributed by atoms with Crippen molar-refractivity contribution in [2.24, 2.45) is 5.73 Å². The maximum absolute atomic E-state index is 10.8. The molecule has 0 bridgehead atoms. The van der Waals surface area contributed by atoms with Gasteiger partial charge in [-0.3, -0.25) is 9.80 Å². The molecule has 1 saturated carbocycles. The fourth-order valence-electron chi connectivity index (χ4n) is 3.22. The summed E-state index contributed by atoms with van der Waals surface area (Å²) in [6.07, 6.45) is 11.6. The van der Waals surface area contributed by atoms with Crippen LogP contribution in [-0.4, -0.2) is 75.4 Å². The van der Waals surface area contributed by atoms with E-state index in [1.54, 1.807) is 0 Å². The molecule has 142 valence electrons. The highest BCUT2D eigenvalue weighted by Crippen LogP contribution is 2.15. The number of methoxy groups -OCH3 is 1. The van der Waals surface area contributed by atoms with Crippen LogP contribution in [0.2, 0.25) is 0 Å². The van der Waals surface area contributed by atoms with Gasteiger partial charge >= 0.3 is 6.09 Å². The van der Waals surface area contributed by atoms with Crippen molar-refractivity contribution in [3.63, 3.8) is 0 Å². The number of hydrogen-bond donors (Lipinski definition) is 2. The Morgan fingerprint density at radius 1 is 0.875 bits per heavy atom. The van der Waals surface area contributed by atoms with E-state index in [4.69, 9.17) is 5.73 Å². The Morgan fingerprint density at radius 3 is 1.67 bits per heavy atom. The van der Waals surface area contributed by atoms with E-state index < -0.39 is 0 Å². The van der Waals surface area contributed by atoms with Crippen molar-refractivity contribution in [1.82, 2.24) is 15.1 Å². The number of carbonyl (C=O) groups is 1. The van der Waals surface area contributed by atoms with Gasteiger partial charge in [-0.25, -0.2) is 4.79 Å². The maximum atomic E-state index is 10.8. The molecule has 6 nitrogen and oxygen atoms in total. The number of nitrogens with two attached hydrogens (primary N) is 1. The molecular weight excluding hydrogens is 304 g/mol. The van der Waals surface area contributed by atoms with Crippen molar-refractivity contribution in [3.05, 3.63) is 0 Å². The summed E-state index contributed by atoms with van der Waals surface area (Å²) in [6, 6.07) is 0. The number of hydrogen-bond acceptors (Lipinski definition) is 5. The minimum Gasteiger partial charge on any atom is -0.453 e. The normalized spacial score (nSPS) is 20.2. The highest BCUT2D eigenvalue weighted by molar-refractivity contribution is 5.66. The molecule has 1 aliphatic heterocycles. The maximum Gasteiger partial charge on any atom is 0.406 e. The Labute approximate surface area is 148 Å². The molecule has 1 amide bonds. The number of carbonyl (C=O) groups excluding carboxylic acids is 1. The fraction of sp³-hybridized carbons (Fsp3) is 0.944. The molecular formula is C18H38N4O2. The standard InChI is InChI=1S/C10H22N4O2.C8H16/c1-16-10(15)12-3-5-14-8-6-13(4-2-11)7-9-14;1-2-4-6-8-7-5-3-1/h2-9,11H2,1H3,(H,12,15);1-8H2. The van der Waals surface area contributed by atoms with Crippen LogP contribution in [0.5, 0.6) is 0 Å². The zero-order valence-corrected chi connectivity index (χ0v) is 15.6. The topological polar surface area (TPSA) is 70.8 Å². The zero-order chi connectivity index (χ0) is 17.5. The third-order valence-corrected chi connectivity index (χ3v) is 4.79. The Kier molecular flexibility index (Phi) is 12.8. The van der Waals surface area contributed by atoms with Crippen molar-refractivity contribution in [2.45, 2.75) is 51.4 Å². The SMILES string of the molecule is C1CCCCCCC1.COC(=O)NCCN1CCN(CCN)CC1. The second-order valence-electron chi connectivity index (χ2n) is 6.72. The number of nitrogens with one attached hydrogen (secondary N) is 1. The molecule has 0 aromatic heterocycles. The largest absolute Gasteiger partial charge is 0.453 e. The summed E-state index contributed by atoms with van der Waals surface area (Å²) in [5, 5.41) is 2.68. The van der Waals surface area contributed by atoms with Gasteiger partial charge in [0.1, 0.15) is 0 Å². The zero-order valence-electron chi connectivity index (χ0n) is 15.6. The number of piperazine rings is 1. The summed E-state index contributed by atoms with van der Waals surface area (Å²) in [5.41, 5.74) is 5.51. The Bertz CT molecular complexity index is 283. The molecule has 0 radical (unpaired) electrons. The van der Waals surface area contributed by atoms with E-state index in [2.05, 4.69) is 19.9 Å². The summed E-state index contributed by atoms with van der Waals surface area (Å²) in [5.74, 6) is 0. The number of nitrogens with zero attached hydrogens (tertiary/aromatic N) is 2. The van der Waals surface area contributed by atoms with Gasteiger partial charge < -0.3 is 15.8 Å². The van der Waals surface area contributed by atoms with E-state index in [1.807, 2.05) is 0 Å². The molecule has 6 heteroatoms. The smallest absolute Gasteiger partial charge is 0.406 e. The van der Waals surface area contributed by atoms with Gasteiger partial charge in [0.2, 0.25) is 0 Å². The van der Waals surface area contributed by atoms with Gasteiger partial charge in [-0.2, -0.15) is 0 Å². The molecule has 0 aromatic carbocycles. The van der Waals surface area contributed by atoms with Gasteiger partial charge in [0.25, 0.3) is 0 Å². The Hall–Kier alpha value is -0.850. The van der Waals surface area contributed by atoms with Gasteiger partial charge in [0, 0.05) is 52.4 Å². The van der Waals surface area contributed by atoms with Crippen LogP contribution in [0.3, 0.4) is 0 Å². The van der Waals surface area contributed by atoms with Gasteiger partial charge in [0.05, 0.1) is 7.11 Å². The van der Waals surface area contributed by atoms with Gasteiger partial charge in [-0.05, 0) is 0 Å². The molecule has 3 N–H and O–H groups in total. The predicted octanol–water partition coefficient (Wildman–Crippen LogP) is 2.04. The lowest BCUT2D eigenvalue weighted by Gasteiger charge is -2.34. The minimum atomic E-state index is -0.359. The summed E-state index contributed by atoms with van der Waals surface area (Å²) in [7, 11) is 1.38. The van der Waals surface area contributed by atoms with Crippen LogP contribution in [0.25, 0.3) is 0 Å². The summed E-state index contributed by atoms with van der Waals surface area (Å²) >= 11 is 0. The number of ether oxygens (including phenoxy) is 1. The first-order chi connectivity index (χ1) is 11.8. The predicted molar refractivity (Wildman–Crippen MR) is 99.3 cm³/mol. The molecule has 1 saturated heterocycles. The highest BCUT2D eigenvalue weighted by atomic mass is 16.5. The van der Waals surface area contributed by atoms with Crippen LogP contribution in [0, 0.1) is 0 Å². The minimum absolute atomic E-state index is 0.359. The molecule has 1 aliphatic carbocycles. The van der Waals surface area contributed by atoms with Gasteiger partial charge in [0.15, 0.2) is 0 Å². The third kappa shape index (κ3) is 10.8. The van der Waals surface area contributed by atoms with E-state index in [-0.39, 0.29) is 6.09 Å². The van der Waals surface area contributed by atoms with Crippen LogP contribution >= 0.6 is 0 Å². The summed E-state index contributed by atoms with van der Waals surface area (Å²) in [4.78, 5) is 15.5.